The summed E-state index contributed by atoms with van der Waals surface area (Å²) < 4.78 is 51.7. The van der Waals surface area contributed by atoms with Gasteiger partial charge in [-0.1, -0.05) is 6.07 Å². The van der Waals surface area contributed by atoms with Gasteiger partial charge in [-0.25, -0.2) is 4.39 Å². The number of benzene rings is 1. The van der Waals surface area contributed by atoms with Crippen LogP contribution < -0.4 is 5.32 Å². The van der Waals surface area contributed by atoms with E-state index in [-0.39, 0.29) is 37.1 Å². The summed E-state index contributed by atoms with van der Waals surface area (Å²) in [4.78, 5) is 7.41. The van der Waals surface area contributed by atoms with Crippen molar-refractivity contribution in [3.63, 3.8) is 0 Å². The van der Waals surface area contributed by atoms with E-state index < -0.39 is 23.8 Å². The molecule has 1 aliphatic rings. The Kier molecular flexibility index (Phi) is 8.38. The highest BCUT2D eigenvalue weighted by Gasteiger charge is 2.41. The van der Waals surface area contributed by atoms with Crippen LogP contribution in [0, 0.1) is 5.82 Å². The molecule has 1 aliphatic heterocycles. The fraction of sp³-hybridized carbons (Fsp3) is 0.562. The molecule has 0 aliphatic carbocycles. The van der Waals surface area contributed by atoms with Gasteiger partial charge in [-0.15, -0.1) is 24.0 Å². The van der Waals surface area contributed by atoms with Gasteiger partial charge in [-0.3, -0.25) is 9.89 Å². The van der Waals surface area contributed by atoms with Crippen LogP contribution in [0.1, 0.15) is 12.5 Å². The van der Waals surface area contributed by atoms with Crippen LogP contribution in [0.25, 0.3) is 0 Å². The molecule has 0 spiro atoms. The van der Waals surface area contributed by atoms with E-state index in [1.54, 1.807) is 13.1 Å². The second kappa shape index (κ2) is 9.58. The predicted octanol–water partition coefficient (Wildman–Crippen LogP) is 2.79. The zero-order valence-electron chi connectivity index (χ0n) is 14.6. The van der Waals surface area contributed by atoms with Crippen molar-refractivity contribution in [3.8, 4) is 5.75 Å². The highest BCUT2D eigenvalue weighted by molar-refractivity contribution is 14.0. The molecule has 1 unspecified atom stereocenters. The smallest absolute Gasteiger partial charge is 0.403 e. The number of phenolic OH excluding ortho intramolecular Hbond substituents is 1. The van der Waals surface area contributed by atoms with Crippen molar-refractivity contribution in [2.75, 3.05) is 33.2 Å². The average Bonchev–Trinajstić information content (AvgIpc) is 2.57. The van der Waals surface area contributed by atoms with Gasteiger partial charge in [0.25, 0.3) is 0 Å². The van der Waals surface area contributed by atoms with Crippen molar-refractivity contribution >= 4 is 29.9 Å². The molecule has 0 amide bonds. The fourth-order valence-corrected chi connectivity index (χ4v) is 2.70. The maximum Gasteiger partial charge on any atom is 0.403 e. The van der Waals surface area contributed by atoms with Crippen molar-refractivity contribution in [1.82, 2.24) is 15.1 Å². The molecule has 2 N–H and O–H groups in total. The Morgan fingerprint density at radius 1 is 1.27 bits per heavy atom. The summed E-state index contributed by atoms with van der Waals surface area (Å²) in [5.41, 5.74) is 0.626. The number of alkyl halides is 3. The third kappa shape index (κ3) is 5.86. The molecule has 1 aromatic rings. The lowest BCUT2D eigenvalue weighted by atomic mass is 10.2. The number of nitrogens with one attached hydrogen (secondary N) is 1. The molecule has 0 saturated carbocycles. The van der Waals surface area contributed by atoms with Gasteiger partial charge >= 0.3 is 6.18 Å². The van der Waals surface area contributed by atoms with E-state index in [9.17, 15) is 22.7 Å². The first-order valence-electron chi connectivity index (χ1n) is 7.96. The second-order valence-corrected chi connectivity index (χ2v) is 5.93. The van der Waals surface area contributed by atoms with Crippen molar-refractivity contribution in [2.45, 2.75) is 25.7 Å². The number of hydrogen-bond donors (Lipinski definition) is 2. The molecule has 2 rings (SSSR count). The minimum atomic E-state index is -4.23. The Labute approximate surface area is 167 Å². The van der Waals surface area contributed by atoms with E-state index in [0.717, 1.165) is 0 Å². The summed E-state index contributed by atoms with van der Waals surface area (Å²) in [6, 6.07) is 2.61. The Balaban J connectivity index is 0.00000338. The SMILES string of the molecule is CN=C(NCc1ccc(O)c(F)c1)N1CCN(C(C)C(F)(F)F)CC1.I. The van der Waals surface area contributed by atoms with Gasteiger partial charge in [-0.05, 0) is 24.6 Å². The van der Waals surface area contributed by atoms with Gasteiger partial charge in [0.05, 0.1) is 0 Å². The Morgan fingerprint density at radius 2 is 1.88 bits per heavy atom. The van der Waals surface area contributed by atoms with E-state index in [1.165, 1.54) is 24.0 Å². The van der Waals surface area contributed by atoms with E-state index >= 15 is 0 Å². The quantitative estimate of drug-likeness (QED) is 0.296. The molecule has 26 heavy (non-hydrogen) atoms. The Bertz CT molecular complexity index is 619. The Morgan fingerprint density at radius 3 is 2.38 bits per heavy atom. The highest BCUT2D eigenvalue weighted by atomic mass is 127. The van der Waals surface area contributed by atoms with Crippen LogP contribution in [0.5, 0.6) is 5.75 Å². The number of phenols is 1. The monoisotopic (exact) mass is 490 g/mol. The fourth-order valence-electron chi connectivity index (χ4n) is 2.70. The van der Waals surface area contributed by atoms with Gasteiger partial charge < -0.3 is 15.3 Å². The first-order valence-corrected chi connectivity index (χ1v) is 7.96. The second-order valence-electron chi connectivity index (χ2n) is 5.93. The van der Waals surface area contributed by atoms with Crippen LogP contribution in [0.3, 0.4) is 0 Å². The van der Waals surface area contributed by atoms with Crippen LogP contribution >= 0.6 is 24.0 Å². The Hall–Kier alpha value is -1.30. The van der Waals surface area contributed by atoms with Crippen LogP contribution in [0.4, 0.5) is 17.6 Å². The number of hydrogen-bond acceptors (Lipinski definition) is 3. The summed E-state index contributed by atoms with van der Waals surface area (Å²) >= 11 is 0. The number of halogens is 5. The van der Waals surface area contributed by atoms with Gasteiger partial charge in [0.1, 0.15) is 6.04 Å². The topological polar surface area (TPSA) is 51.1 Å². The van der Waals surface area contributed by atoms with E-state index in [4.69, 9.17) is 0 Å². The molecule has 5 nitrogen and oxygen atoms in total. The number of piperazine rings is 1. The molecule has 1 atom stereocenters. The number of guanidine groups is 1. The van der Waals surface area contributed by atoms with Gasteiger partial charge in [0, 0.05) is 39.8 Å². The molecule has 10 heteroatoms. The van der Waals surface area contributed by atoms with Crippen LogP contribution in [-0.4, -0.2) is 66.3 Å². The van der Waals surface area contributed by atoms with Crippen LogP contribution in [0.2, 0.25) is 0 Å². The number of aliphatic imine (C=N–C) groups is 1. The lowest BCUT2D eigenvalue weighted by Crippen LogP contribution is -2.56. The lowest BCUT2D eigenvalue weighted by molar-refractivity contribution is -0.181. The molecular formula is C16H23F4IN4O. The van der Waals surface area contributed by atoms with Crippen LogP contribution in [-0.2, 0) is 6.54 Å². The maximum atomic E-state index is 13.3. The first-order chi connectivity index (χ1) is 11.7. The molecule has 0 aromatic heterocycles. The van der Waals surface area contributed by atoms with E-state index in [2.05, 4.69) is 10.3 Å². The lowest BCUT2D eigenvalue weighted by Gasteiger charge is -2.39. The van der Waals surface area contributed by atoms with E-state index in [1.807, 2.05) is 4.90 Å². The molecular weight excluding hydrogens is 467 g/mol. The first kappa shape index (κ1) is 22.7. The summed E-state index contributed by atoms with van der Waals surface area (Å²) in [6.07, 6.45) is -4.23. The molecule has 148 valence electrons. The summed E-state index contributed by atoms with van der Waals surface area (Å²) in [5, 5.41) is 12.2. The third-order valence-electron chi connectivity index (χ3n) is 4.31. The largest absolute Gasteiger partial charge is 0.505 e. The number of nitrogens with zero attached hydrogens (tertiary/aromatic N) is 3. The zero-order valence-corrected chi connectivity index (χ0v) is 16.9. The molecule has 0 bridgehead atoms. The molecule has 1 heterocycles. The van der Waals surface area contributed by atoms with Crippen molar-refractivity contribution in [3.05, 3.63) is 29.6 Å². The average molecular weight is 490 g/mol. The third-order valence-corrected chi connectivity index (χ3v) is 4.31. The standard InChI is InChI=1S/C16H22F4N4O.HI/c1-11(16(18,19)20)23-5-7-24(8-6-23)15(21-2)22-10-12-3-4-14(25)13(17)9-12;/h3-4,9,11,25H,5-8,10H2,1-2H3,(H,21,22);1H. The van der Waals surface area contributed by atoms with Crippen molar-refractivity contribution in [1.29, 1.82) is 0 Å². The zero-order chi connectivity index (χ0) is 18.6. The highest BCUT2D eigenvalue weighted by Crippen LogP contribution is 2.25. The predicted molar refractivity (Wildman–Crippen MR) is 102 cm³/mol. The summed E-state index contributed by atoms with van der Waals surface area (Å²) in [7, 11) is 1.59. The molecule has 1 fully saturated rings. The molecule has 1 saturated heterocycles. The minimum Gasteiger partial charge on any atom is -0.505 e. The van der Waals surface area contributed by atoms with Gasteiger partial charge in [0.15, 0.2) is 17.5 Å². The number of rotatable bonds is 3. The van der Waals surface area contributed by atoms with Gasteiger partial charge in [0.2, 0.25) is 0 Å². The van der Waals surface area contributed by atoms with Crippen molar-refractivity contribution in [2.24, 2.45) is 4.99 Å². The maximum absolute atomic E-state index is 13.3. The summed E-state index contributed by atoms with van der Waals surface area (Å²) in [6.45, 7) is 2.88. The minimum absolute atomic E-state index is 0. The summed E-state index contributed by atoms with van der Waals surface area (Å²) in [5.74, 6) is -0.570. The number of aromatic hydroxyl groups is 1. The van der Waals surface area contributed by atoms with E-state index in [0.29, 0.717) is 31.2 Å². The normalized spacial score (nSPS) is 17.6. The molecule has 0 radical (unpaired) electrons. The van der Waals surface area contributed by atoms with Crippen LogP contribution in [0.15, 0.2) is 23.2 Å². The van der Waals surface area contributed by atoms with Gasteiger partial charge in [-0.2, -0.15) is 13.2 Å². The molecule has 1 aromatic carbocycles. The van der Waals surface area contributed by atoms with Crippen molar-refractivity contribution < 1.29 is 22.7 Å².